The van der Waals surface area contributed by atoms with E-state index in [-0.39, 0.29) is 12.1 Å². The molecule has 3 rings (SSSR count). The Morgan fingerprint density at radius 1 is 1.24 bits per heavy atom. The van der Waals surface area contributed by atoms with Crippen LogP contribution in [0.3, 0.4) is 0 Å². The maximum atomic E-state index is 12.6. The van der Waals surface area contributed by atoms with Crippen LogP contribution in [0, 0.1) is 4.78 Å². The molecule has 1 aliphatic carbocycles. The molecule has 1 heterocycles. The van der Waals surface area contributed by atoms with Crippen LogP contribution in [0.4, 0.5) is 5.69 Å². The van der Waals surface area contributed by atoms with Crippen molar-refractivity contribution < 1.29 is 9.00 Å². The lowest BCUT2D eigenvalue weighted by molar-refractivity contribution is 0.0956. The van der Waals surface area contributed by atoms with Gasteiger partial charge < -0.3 is 15.2 Å². The first-order chi connectivity index (χ1) is 13.8. The van der Waals surface area contributed by atoms with Crippen molar-refractivity contribution in [2.45, 2.75) is 30.6 Å². The molecule has 154 valence electrons. The quantitative estimate of drug-likeness (QED) is 0.676. The van der Waals surface area contributed by atoms with Crippen LogP contribution in [0.1, 0.15) is 34.5 Å². The molecule has 0 spiro atoms. The number of H-pyrrole nitrogens is 1. The third-order valence-electron chi connectivity index (χ3n) is 4.95. The van der Waals surface area contributed by atoms with Crippen LogP contribution in [0.2, 0.25) is 0 Å². The number of aromatic amines is 1. The molecule has 3 N–H and O–H groups in total. The molecule has 0 saturated heterocycles. The minimum atomic E-state index is -3.10. The van der Waals surface area contributed by atoms with E-state index < -0.39 is 21.2 Å². The maximum Gasteiger partial charge on any atom is 0.261 e. The van der Waals surface area contributed by atoms with E-state index in [1.54, 1.807) is 18.2 Å². The summed E-state index contributed by atoms with van der Waals surface area (Å²) in [6.07, 6.45) is 5.28. The second kappa shape index (κ2) is 8.65. The van der Waals surface area contributed by atoms with E-state index >= 15 is 0 Å². The molecule has 1 amide bonds. The van der Waals surface area contributed by atoms with Gasteiger partial charge in [-0.1, -0.05) is 6.08 Å². The molecular formula is C21H26N4O3S. The molecule has 7 nitrogen and oxygen atoms in total. The number of nitrogens with one attached hydrogen (secondary N) is 3. The van der Waals surface area contributed by atoms with Gasteiger partial charge in [0, 0.05) is 37.4 Å². The highest BCUT2D eigenvalue weighted by Gasteiger charge is 2.16. The third kappa shape index (κ3) is 4.95. The topological polar surface area (TPSA) is 106 Å². The zero-order chi connectivity index (χ0) is 21.0. The number of aryl methyl sites for hydroxylation is 2. The Hall–Kier alpha value is -2.87. The van der Waals surface area contributed by atoms with Crippen LogP contribution >= 0.6 is 0 Å². The zero-order valence-electron chi connectivity index (χ0n) is 16.7. The zero-order valence-corrected chi connectivity index (χ0v) is 17.5. The molecule has 0 aliphatic heterocycles. The average molecular weight is 415 g/mol. The van der Waals surface area contributed by atoms with Gasteiger partial charge in [0.2, 0.25) is 0 Å². The van der Waals surface area contributed by atoms with Crippen molar-refractivity contribution in [1.29, 1.82) is 4.78 Å². The number of rotatable bonds is 6. The molecule has 2 aromatic rings. The standard InChI is InChI=1S/C21H26N4O3S/c1-25(2)16-8-10-17(11-9-16)29(22,28)13-5-12-23-20(26)18-14-15-6-3-4-7-19(15)24-21(18)27/h5,8-11,13-14,22H,3-4,6-7,12H2,1-2H3,(H,23,26)(H,24,27)/b13-5+. The summed E-state index contributed by atoms with van der Waals surface area (Å²) in [4.78, 5) is 29.7. The van der Waals surface area contributed by atoms with E-state index in [9.17, 15) is 13.8 Å². The van der Waals surface area contributed by atoms with E-state index in [2.05, 4.69) is 10.3 Å². The van der Waals surface area contributed by atoms with Crippen molar-refractivity contribution in [2.24, 2.45) is 0 Å². The number of aromatic nitrogens is 1. The van der Waals surface area contributed by atoms with Crippen molar-refractivity contribution in [2.75, 3.05) is 25.5 Å². The summed E-state index contributed by atoms with van der Waals surface area (Å²) in [5.41, 5.74) is 2.59. The normalized spacial score (nSPS) is 15.5. The average Bonchev–Trinajstić information content (AvgIpc) is 2.70. The Bertz CT molecular complexity index is 1080. The van der Waals surface area contributed by atoms with Gasteiger partial charge in [-0.05, 0) is 61.6 Å². The molecule has 0 bridgehead atoms. The van der Waals surface area contributed by atoms with E-state index in [0.29, 0.717) is 4.90 Å². The number of hydrogen-bond acceptors (Lipinski definition) is 5. The molecule has 1 aromatic heterocycles. The lowest BCUT2D eigenvalue weighted by atomic mass is 9.95. The number of carbonyl (C=O) groups is 1. The smallest absolute Gasteiger partial charge is 0.261 e. The van der Waals surface area contributed by atoms with Gasteiger partial charge >= 0.3 is 0 Å². The highest BCUT2D eigenvalue weighted by molar-refractivity contribution is 7.95. The summed E-state index contributed by atoms with van der Waals surface area (Å²) in [6, 6.07) is 8.62. The highest BCUT2D eigenvalue weighted by Crippen LogP contribution is 2.19. The summed E-state index contributed by atoms with van der Waals surface area (Å²) in [5, 5.41) is 3.92. The van der Waals surface area contributed by atoms with Crippen molar-refractivity contribution in [3.05, 3.63) is 69.0 Å². The van der Waals surface area contributed by atoms with Crippen LogP contribution in [0.5, 0.6) is 0 Å². The third-order valence-corrected chi connectivity index (χ3v) is 6.50. The Labute approximate surface area is 170 Å². The van der Waals surface area contributed by atoms with Gasteiger partial charge in [0.25, 0.3) is 11.5 Å². The molecule has 1 aromatic carbocycles. The van der Waals surface area contributed by atoms with Crippen molar-refractivity contribution in [1.82, 2.24) is 10.3 Å². The van der Waals surface area contributed by atoms with Gasteiger partial charge in [0.15, 0.2) is 0 Å². The van der Waals surface area contributed by atoms with Crippen molar-refractivity contribution in [3.8, 4) is 0 Å². The molecule has 0 radical (unpaired) electrons. The number of carbonyl (C=O) groups excluding carboxylic acids is 1. The number of nitrogens with zero attached hydrogens (tertiary/aromatic N) is 1. The Balaban J connectivity index is 1.63. The van der Waals surface area contributed by atoms with E-state index in [1.807, 2.05) is 31.1 Å². The number of pyridine rings is 1. The van der Waals surface area contributed by atoms with Gasteiger partial charge in [-0.15, -0.1) is 0 Å². The van der Waals surface area contributed by atoms with E-state index in [0.717, 1.165) is 42.6 Å². The highest BCUT2D eigenvalue weighted by atomic mass is 32.2. The summed E-state index contributed by atoms with van der Waals surface area (Å²) >= 11 is 0. The molecule has 1 aliphatic rings. The van der Waals surface area contributed by atoms with Crippen molar-refractivity contribution >= 4 is 21.3 Å². The molecular weight excluding hydrogens is 388 g/mol. The molecule has 29 heavy (non-hydrogen) atoms. The van der Waals surface area contributed by atoms with Gasteiger partial charge in [0.1, 0.15) is 5.56 Å². The maximum absolute atomic E-state index is 12.6. The molecule has 8 heteroatoms. The summed E-state index contributed by atoms with van der Waals surface area (Å²) in [6.45, 7) is 0.0843. The van der Waals surface area contributed by atoms with Crippen LogP contribution in [0.15, 0.2) is 51.5 Å². The first-order valence-corrected chi connectivity index (χ1v) is 11.2. The Morgan fingerprint density at radius 3 is 2.62 bits per heavy atom. The lowest BCUT2D eigenvalue weighted by Crippen LogP contribution is -2.31. The molecule has 0 saturated carbocycles. The SMILES string of the molecule is CN(C)c1ccc(S(=N)(=O)/C=C/CNC(=O)c2cc3c([nH]c2=O)CCCC3)cc1. The second-order valence-corrected chi connectivity index (χ2v) is 9.24. The van der Waals surface area contributed by atoms with E-state index in [4.69, 9.17) is 4.78 Å². The lowest BCUT2D eigenvalue weighted by Gasteiger charge is -2.15. The second-order valence-electron chi connectivity index (χ2n) is 7.29. The fraction of sp³-hybridized carbons (Fsp3) is 0.333. The number of amides is 1. The Kier molecular flexibility index (Phi) is 6.22. The first-order valence-electron chi connectivity index (χ1n) is 9.54. The van der Waals surface area contributed by atoms with Gasteiger partial charge in [0.05, 0.1) is 14.6 Å². The summed E-state index contributed by atoms with van der Waals surface area (Å²) < 4.78 is 20.7. The van der Waals surface area contributed by atoms with Crippen LogP contribution in [-0.2, 0) is 22.6 Å². The molecule has 0 fully saturated rings. The van der Waals surface area contributed by atoms with Gasteiger partial charge in [-0.3, -0.25) is 9.59 Å². The number of fused-ring (bicyclic) bond motifs is 1. The fourth-order valence-electron chi connectivity index (χ4n) is 3.30. The predicted octanol–water partition coefficient (Wildman–Crippen LogP) is 2.67. The number of hydrogen-bond donors (Lipinski definition) is 3. The Morgan fingerprint density at radius 2 is 1.93 bits per heavy atom. The first kappa shape index (κ1) is 20.9. The number of anilines is 1. The van der Waals surface area contributed by atoms with E-state index in [1.165, 1.54) is 11.5 Å². The monoisotopic (exact) mass is 414 g/mol. The van der Waals surface area contributed by atoms with Crippen LogP contribution < -0.4 is 15.8 Å². The van der Waals surface area contributed by atoms with Crippen LogP contribution in [-0.4, -0.2) is 35.7 Å². The minimum absolute atomic E-state index is 0.0843. The summed E-state index contributed by atoms with van der Waals surface area (Å²) in [7, 11) is 0.708. The molecule has 1 atom stereocenters. The molecule has 1 unspecified atom stereocenters. The largest absolute Gasteiger partial charge is 0.378 e. The van der Waals surface area contributed by atoms with Gasteiger partial charge in [-0.2, -0.15) is 0 Å². The van der Waals surface area contributed by atoms with Crippen molar-refractivity contribution in [3.63, 3.8) is 0 Å². The van der Waals surface area contributed by atoms with Gasteiger partial charge in [-0.25, -0.2) is 8.99 Å². The minimum Gasteiger partial charge on any atom is -0.378 e. The number of benzene rings is 1. The summed E-state index contributed by atoms with van der Waals surface area (Å²) in [5.74, 6) is -0.476. The fourth-order valence-corrected chi connectivity index (χ4v) is 4.36. The van der Waals surface area contributed by atoms with Crippen LogP contribution in [0.25, 0.3) is 0 Å². The predicted molar refractivity (Wildman–Crippen MR) is 115 cm³/mol.